The number of imide groups is 1. The van der Waals surface area contributed by atoms with Crippen LogP contribution in [0.1, 0.15) is 32.6 Å². The summed E-state index contributed by atoms with van der Waals surface area (Å²) in [5.41, 5.74) is 3.15. The number of hydrogen-bond acceptors (Lipinski definition) is 5. The van der Waals surface area contributed by atoms with Crippen molar-refractivity contribution >= 4 is 24.2 Å². The van der Waals surface area contributed by atoms with E-state index in [2.05, 4.69) is 22.5 Å². The molecule has 0 aromatic rings. The molecule has 0 unspecified atom stereocenters. The maximum Gasteiger partial charge on any atom is 0.229 e. The Bertz CT molecular complexity index is 309. The second-order valence-electron chi connectivity index (χ2n) is 3.65. The molecule has 0 bridgehead atoms. The molecule has 6 heteroatoms. The van der Waals surface area contributed by atoms with Gasteiger partial charge in [0.2, 0.25) is 11.8 Å². The van der Waals surface area contributed by atoms with Crippen LogP contribution < -0.4 is 5.53 Å². The number of nitrogens with zero attached hydrogens (tertiary/aromatic N) is 3. The molecule has 0 atom stereocenters. The van der Waals surface area contributed by atoms with Crippen LogP contribution in [0.15, 0.2) is 10.2 Å². The average Bonchev–Trinajstić information content (AvgIpc) is 2.25. The highest BCUT2D eigenvalue weighted by Gasteiger charge is 2.25. The molecule has 1 saturated heterocycles. The maximum absolute atomic E-state index is 11.5. The summed E-state index contributed by atoms with van der Waals surface area (Å²) >= 11 is 0. The number of hydrazone groups is 2. The Hall–Kier alpha value is -1.72. The summed E-state index contributed by atoms with van der Waals surface area (Å²) in [4.78, 5) is 24.2. The largest absolute Gasteiger partial charge is 0.282 e. The van der Waals surface area contributed by atoms with Gasteiger partial charge >= 0.3 is 0 Å². The fourth-order valence-electron chi connectivity index (χ4n) is 1.50. The fourth-order valence-corrected chi connectivity index (χ4v) is 1.50. The lowest BCUT2D eigenvalue weighted by atomic mass is 10.1. The molecule has 6 nitrogen and oxygen atoms in total. The van der Waals surface area contributed by atoms with Gasteiger partial charge in [-0.1, -0.05) is 0 Å². The molecule has 1 aliphatic rings. The summed E-state index contributed by atoms with van der Waals surface area (Å²) in [6.45, 7) is 5.42. The van der Waals surface area contributed by atoms with Crippen LogP contribution >= 0.6 is 0 Å². The van der Waals surface area contributed by atoms with E-state index in [0.717, 1.165) is 5.71 Å². The van der Waals surface area contributed by atoms with Gasteiger partial charge < -0.3 is 0 Å². The first kappa shape index (κ1) is 12.4. The molecule has 1 rings (SSSR count). The van der Waals surface area contributed by atoms with E-state index < -0.39 is 0 Å². The first-order valence-corrected chi connectivity index (χ1v) is 5.22. The molecule has 0 aromatic carbocycles. The van der Waals surface area contributed by atoms with Gasteiger partial charge in [0, 0.05) is 38.2 Å². The Balaban J connectivity index is 2.43. The smallest absolute Gasteiger partial charge is 0.229 e. The van der Waals surface area contributed by atoms with E-state index >= 15 is 0 Å². The van der Waals surface area contributed by atoms with Crippen LogP contribution in [0.4, 0.5) is 0 Å². The molecule has 1 heterocycles. The SMILES string of the molecule is C=NN/N=C(\C)CCN1C(=O)CCCC1=O. The zero-order chi connectivity index (χ0) is 12.0. The van der Waals surface area contributed by atoms with Gasteiger partial charge in [-0.25, -0.2) is 0 Å². The van der Waals surface area contributed by atoms with E-state index in [-0.39, 0.29) is 11.8 Å². The Morgan fingerprint density at radius 2 is 2.06 bits per heavy atom. The lowest BCUT2D eigenvalue weighted by Gasteiger charge is -2.24. The molecule has 0 aromatic heterocycles. The van der Waals surface area contributed by atoms with Gasteiger partial charge in [0.1, 0.15) is 0 Å². The number of rotatable bonds is 5. The molecule has 0 radical (unpaired) electrons. The predicted molar refractivity (Wildman–Crippen MR) is 61.0 cm³/mol. The highest BCUT2D eigenvalue weighted by Crippen LogP contribution is 2.12. The zero-order valence-corrected chi connectivity index (χ0v) is 9.40. The van der Waals surface area contributed by atoms with Crippen molar-refractivity contribution in [1.29, 1.82) is 0 Å². The fraction of sp³-hybridized carbons (Fsp3) is 0.600. The Kier molecular flexibility index (Phi) is 4.63. The van der Waals surface area contributed by atoms with Crippen LogP contribution in [0.5, 0.6) is 0 Å². The average molecular weight is 224 g/mol. The van der Waals surface area contributed by atoms with Gasteiger partial charge in [-0.2, -0.15) is 15.7 Å². The van der Waals surface area contributed by atoms with Crippen LogP contribution in [-0.4, -0.2) is 35.7 Å². The van der Waals surface area contributed by atoms with Crippen molar-refractivity contribution < 1.29 is 9.59 Å². The second-order valence-corrected chi connectivity index (χ2v) is 3.65. The van der Waals surface area contributed by atoms with Gasteiger partial charge in [0.25, 0.3) is 0 Å². The van der Waals surface area contributed by atoms with Crippen molar-refractivity contribution in [3.05, 3.63) is 0 Å². The van der Waals surface area contributed by atoms with Crippen LogP contribution in [-0.2, 0) is 9.59 Å². The molecular formula is C10H16N4O2. The number of amides is 2. The molecule has 16 heavy (non-hydrogen) atoms. The topological polar surface area (TPSA) is 74.1 Å². The van der Waals surface area contributed by atoms with Crippen molar-refractivity contribution in [2.75, 3.05) is 6.54 Å². The van der Waals surface area contributed by atoms with E-state index in [4.69, 9.17) is 0 Å². The quantitative estimate of drug-likeness (QED) is 0.419. The number of nitrogens with one attached hydrogen (secondary N) is 1. The summed E-state index contributed by atoms with van der Waals surface area (Å²) in [6, 6.07) is 0. The van der Waals surface area contributed by atoms with E-state index in [9.17, 15) is 9.59 Å². The number of piperidine rings is 1. The van der Waals surface area contributed by atoms with Crippen LogP contribution in [0.25, 0.3) is 0 Å². The molecule has 1 N–H and O–H groups in total. The third-order valence-corrected chi connectivity index (χ3v) is 2.39. The van der Waals surface area contributed by atoms with Gasteiger partial charge in [-0.05, 0) is 13.3 Å². The minimum Gasteiger partial charge on any atom is -0.282 e. The minimum absolute atomic E-state index is 0.0844. The summed E-state index contributed by atoms with van der Waals surface area (Å²) in [5, 5.41) is 7.23. The molecule has 88 valence electrons. The van der Waals surface area contributed by atoms with Gasteiger partial charge in [-0.3, -0.25) is 14.5 Å². The molecule has 0 aliphatic carbocycles. The number of hydrogen-bond donors (Lipinski definition) is 1. The molecule has 0 spiro atoms. The van der Waals surface area contributed by atoms with E-state index in [1.54, 1.807) is 6.92 Å². The number of carbonyl (C=O) groups is 2. The van der Waals surface area contributed by atoms with Crippen LogP contribution in [0.2, 0.25) is 0 Å². The van der Waals surface area contributed by atoms with E-state index in [0.29, 0.717) is 32.2 Å². The first-order valence-electron chi connectivity index (χ1n) is 5.22. The summed E-state index contributed by atoms with van der Waals surface area (Å²) in [7, 11) is 0. The number of carbonyl (C=O) groups excluding carboxylic acids is 2. The second kappa shape index (κ2) is 5.99. The van der Waals surface area contributed by atoms with E-state index in [1.807, 2.05) is 0 Å². The third-order valence-electron chi connectivity index (χ3n) is 2.39. The Morgan fingerprint density at radius 1 is 1.44 bits per heavy atom. The minimum atomic E-state index is -0.0844. The third kappa shape index (κ3) is 3.45. The summed E-state index contributed by atoms with van der Waals surface area (Å²) in [5.74, 6) is -0.169. The summed E-state index contributed by atoms with van der Waals surface area (Å²) < 4.78 is 0. The van der Waals surface area contributed by atoms with Crippen molar-refractivity contribution in [2.24, 2.45) is 10.2 Å². The maximum atomic E-state index is 11.5. The highest BCUT2D eigenvalue weighted by molar-refractivity contribution is 5.98. The normalized spacial score (nSPS) is 17.6. The van der Waals surface area contributed by atoms with Crippen LogP contribution in [0, 0.1) is 0 Å². The van der Waals surface area contributed by atoms with Gasteiger partial charge in [0.05, 0.1) is 0 Å². The van der Waals surface area contributed by atoms with Crippen molar-refractivity contribution in [2.45, 2.75) is 32.6 Å². The summed E-state index contributed by atoms with van der Waals surface area (Å²) in [6.07, 6.45) is 2.16. The molecular weight excluding hydrogens is 208 g/mol. The van der Waals surface area contributed by atoms with Gasteiger partial charge in [0.15, 0.2) is 0 Å². The Morgan fingerprint density at radius 3 is 2.62 bits per heavy atom. The molecule has 0 saturated carbocycles. The lowest BCUT2D eigenvalue weighted by Crippen LogP contribution is -2.41. The standard InChI is InChI=1S/C10H16N4O2/c1-8(12-13-11-2)6-7-14-9(15)4-3-5-10(14)16/h13H,2-7H2,1H3/b12-8+. The first-order chi connectivity index (χ1) is 7.65. The Labute approximate surface area is 94.4 Å². The predicted octanol–water partition coefficient (Wildman–Crippen LogP) is 0.497. The highest BCUT2D eigenvalue weighted by atomic mass is 16.2. The molecule has 2 amide bonds. The molecule has 1 aliphatic heterocycles. The zero-order valence-electron chi connectivity index (χ0n) is 9.40. The lowest BCUT2D eigenvalue weighted by molar-refractivity contribution is -0.147. The van der Waals surface area contributed by atoms with Crippen molar-refractivity contribution in [3.63, 3.8) is 0 Å². The monoisotopic (exact) mass is 224 g/mol. The van der Waals surface area contributed by atoms with Crippen molar-refractivity contribution in [3.8, 4) is 0 Å². The van der Waals surface area contributed by atoms with Crippen LogP contribution in [0.3, 0.4) is 0 Å². The van der Waals surface area contributed by atoms with Crippen molar-refractivity contribution in [1.82, 2.24) is 10.4 Å². The molecule has 1 fully saturated rings. The van der Waals surface area contributed by atoms with Gasteiger partial charge in [-0.15, -0.1) is 0 Å². The van der Waals surface area contributed by atoms with E-state index in [1.165, 1.54) is 4.90 Å². The number of likely N-dealkylation sites (tertiary alicyclic amines) is 1.